The Bertz CT molecular complexity index is 103. The molecule has 3 heteroatoms. The summed E-state index contributed by atoms with van der Waals surface area (Å²) in [7, 11) is 0. The van der Waals surface area contributed by atoms with Gasteiger partial charge in [0.1, 0.15) is 0 Å². The Morgan fingerprint density at radius 1 is 1.83 bits per heavy atom. The maximum atomic E-state index is 5.26. The average Bonchev–Trinajstić information content (AvgIpc) is 1.86. The number of nitrogens with zero attached hydrogens (tertiary/aromatic N) is 2. The third-order valence-corrected chi connectivity index (χ3v) is 0.718. The van der Waals surface area contributed by atoms with Crippen molar-refractivity contribution in [3.8, 4) is 0 Å². The molecule has 0 unspecified atom stereocenters. The minimum Gasteiger partial charge on any atom is -0.250 e. The first kappa shape index (κ1) is 3.81. The number of hydrogen-bond acceptors (Lipinski definition) is 2. The number of amidine groups is 1. The molecule has 1 aliphatic heterocycles. The summed E-state index contributed by atoms with van der Waals surface area (Å²) in [5, 5.41) is 0.370. The highest BCUT2D eigenvalue weighted by atomic mass is 35.5. The zero-order chi connectivity index (χ0) is 4.41. The fourth-order valence-electron chi connectivity index (χ4n) is 0.273. The topological polar surface area (TPSA) is 24.7 Å². The molecule has 0 bridgehead atoms. The summed E-state index contributed by atoms with van der Waals surface area (Å²) in [6, 6.07) is 0. The third kappa shape index (κ3) is 0.571. The van der Waals surface area contributed by atoms with Crippen molar-refractivity contribution in [2.45, 2.75) is 0 Å². The molecule has 0 aromatic heterocycles. The van der Waals surface area contributed by atoms with Crippen LogP contribution >= 0.6 is 11.6 Å². The first-order chi connectivity index (χ1) is 2.89. The van der Waals surface area contributed by atoms with Crippen LogP contribution in [0.1, 0.15) is 0 Å². The number of aliphatic imine (C=N–C) groups is 2. The van der Waals surface area contributed by atoms with Gasteiger partial charge in [-0.2, -0.15) is 0 Å². The molecule has 0 aromatic rings. The highest BCUT2D eigenvalue weighted by Crippen LogP contribution is 1.91. The van der Waals surface area contributed by atoms with E-state index < -0.39 is 0 Å². The van der Waals surface area contributed by atoms with Crippen LogP contribution in [0.25, 0.3) is 0 Å². The SMILES string of the molecule is ClC1=NCC=N1. The van der Waals surface area contributed by atoms with E-state index >= 15 is 0 Å². The monoisotopic (exact) mass is 102 g/mol. The fourth-order valence-corrected chi connectivity index (χ4v) is 0.411. The summed E-state index contributed by atoms with van der Waals surface area (Å²) in [4.78, 5) is 7.32. The van der Waals surface area contributed by atoms with Gasteiger partial charge in [0.15, 0.2) is 0 Å². The van der Waals surface area contributed by atoms with Crippen molar-refractivity contribution in [1.82, 2.24) is 0 Å². The van der Waals surface area contributed by atoms with Gasteiger partial charge in [-0.15, -0.1) is 0 Å². The molecule has 0 saturated carbocycles. The molecular formula is C3H3ClN2. The lowest BCUT2D eigenvalue weighted by Gasteiger charge is -1.67. The molecule has 0 amide bonds. The minimum absolute atomic E-state index is 0.370. The molecule has 0 aromatic carbocycles. The van der Waals surface area contributed by atoms with E-state index in [1.807, 2.05) is 0 Å². The predicted octanol–water partition coefficient (Wildman–Crippen LogP) is 0.666. The van der Waals surface area contributed by atoms with E-state index in [2.05, 4.69) is 9.98 Å². The number of halogens is 1. The normalized spacial score (nSPS) is 18.5. The lowest BCUT2D eigenvalue weighted by atomic mass is 10.8. The Kier molecular flexibility index (Phi) is 0.881. The van der Waals surface area contributed by atoms with E-state index in [-0.39, 0.29) is 0 Å². The van der Waals surface area contributed by atoms with Crippen LogP contribution in [-0.4, -0.2) is 18.1 Å². The minimum atomic E-state index is 0.370. The number of hydrogen-bond donors (Lipinski definition) is 0. The maximum absolute atomic E-state index is 5.26. The zero-order valence-corrected chi connectivity index (χ0v) is 3.81. The molecule has 1 rings (SSSR count). The summed E-state index contributed by atoms with van der Waals surface area (Å²) >= 11 is 5.26. The first-order valence-corrected chi connectivity index (χ1v) is 2.00. The van der Waals surface area contributed by atoms with E-state index in [1.165, 1.54) is 0 Å². The second-order valence-electron chi connectivity index (χ2n) is 0.921. The molecule has 0 N–H and O–H groups in total. The molecule has 0 aliphatic carbocycles. The lowest BCUT2D eigenvalue weighted by molar-refractivity contribution is 1.37. The molecule has 1 aliphatic rings. The highest BCUT2D eigenvalue weighted by molar-refractivity contribution is 6.65. The van der Waals surface area contributed by atoms with Crippen LogP contribution in [0.5, 0.6) is 0 Å². The van der Waals surface area contributed by atoms with Crippen LogP contribution in [0.15, 0.2) is 9.98 Å². The summed E-state index contributed by atoms with van der Waals surface area (Å²) in [5.41, 5.74) is 0. The van der Waals surface area contributed by atoms with Gasteiger partial charge in [-0.05, 0) is 11.6 Å². The molecule has 0 atom stereocenters. The molecule has 2 nitrogen and oxygen atoms in total. The Morgan fingerprint density at radius 2 is 2.67 bits per heavy atom. The van der Waals surface area contributed by atoms with Gasteiger partial charge in [0.2, 0.25) is 5.29 Å². The van der Waals surface area contributed by atoms with Crippen LogP contribution in [0.3, 0.4) is 0 Å². The molecule has 0 fully saturated rings. The molecule has 0 spiro atoms. The molecule has 1 heterocycles. The van der Waals surface area contributed by atoms with Gasteiger partial charge in [0.05, 0.1) is 6.54 Å². The van der Waals surface area contributed by atoms with Crippen molar-refractivity contribution >= 4 is 23.1 Å². The largest absolute Gasteiger partial charge is 0.250 e. The van der Waals surface area contributed by atoms with Crippen molar-refractivity contribution in [3.05, 3.63) is 0 Å². The van der Waals surface area contributed by atoms with Crippen molar-refractivity contribution in [2.24, 2.45) is 9.98 Å². The van der Waals surface area contributed by atoms with Crippen molar-refractivity contribution in [1.29, 1.82) is 0 Å². The van der Waals surface area contributed by atoms with Gasteiger partial charge in [0.25, 0.3) is 0 Å². The molecule has 32 valence electrons. The zero-order valence-electron chi connectivity index (χ0n) is 3.06. The van der Waals surface area contributed by atoms with Crippen molar-refractivity contribution in [2.75, 3.05) is 6.54 Å². The van der Waals surface area contributed by atoms with Gasteiger partial charge in [-0.1, -0.05) is 0 Å². The van der Waals surface area contributed by atoms with Crippen LogP contribution in [-0.2, 0) is 0 Å². The lowest BCUT2D eigenvalue weighted by Crippen LogP contribution is -1.67. The average molecular weight is 103 g/mol. The summed E-state index contributed by atoms with van der Waals surface area (Å²) in [6.07, 6.45) is 1.67. The summed E-state index contributed by atoms with van der Waals surface area (Å²) < 4.78 is 0. The van der Waals surface area contributed by atoms with E-state index in [4.69, 9.17) is 11.6 Å². The second-order valence-corrected chi connectivity index (χ2v) is 1.26. The van der Waals surface area contributed by atoms with Gasteiger partial charge in [-0.3, -0.25) is 4.99 Å². The second kappa shape index (κ2) is 1.39. The summed E-state index contributed by atoms with van der Waals surface area (Å²) in [6.45, 7) is 0.652. The smallest absolute Gasteiger partial charge is 0.217 e. The van der Waals surface area contributed by atoms with E-state index in [0.717, 1.165) is 0 Å². The maximum Gasteiger partial charge on any atom is 0.217 e. The molecule has 0 saturated heterocycles. The van der Waals surface area contributed by atoms with Crippen molar-refractivity contribution in [3.63, 3.8) is 0 Å². The van der Waals surface area contributed by atoms with Gasteiger partial charge in [0, 0.05) is 6.21 Å². The third-order valence-electron chi connectivity index (χ3n) is 0.501. The van der Waals surface area contributed by atoms with Crippen LogP contribution in [0.4, 0.5) is 0 Å². The number of rotatable bonds is 0. The van der Waals surface area contributed by atoms with Gasteiger partial charge >= 0.3 is 0 Å². The standard InChI is InChI=1S/C3H3ClN2/c4-3-5-1-2-6-3/h1H,2H2. The van der Waals surface area contributed by atoms with E-state index in [9.17, 15) is 0 Å². The van der Waals surface area contributed by atoms with Gasteiger partial charge < -0.3 is 0 Å². The quantitative estimate of drug-likeness (QED) is 0.402. The summed E-state index contributed by atoms with van der Waals surface area (Å²) in [5.74, 6) is 0. The van der Waals surface area contributed by atoms with E-state index in [0.29, 0.717) is 11.8 Å². The molecule has 6 heavy (non-hydrogen) atoms. The van der Waals surface area contributed by atoms with Crippen molar-refractivity contribution < 1.29 is 0 Å². The van der Waals surface area contributed by atoms with E-state index in [1.54, 1.807) is 6.21 Å². The Labute approximate surface area is 40.6 Å². The predicted molar refractivity (Wildman–Crippen MR) is 26.6 cm³/mol. The first-order valence-electron chi connectivity index (χ1n) is 1.62. The van der Waals surface area contributed by atoms with Crippen LogP contribution < -0.4 is 0 Å². The molecule has 0 radical (unpaired) electrons. The highest BCUT2D eigenvalue weighted by Gasteiger charge is 1.90. The van der Waals surface area contributed by atoms with Crippen LogP contribution in [0.2, 0.25) is 0 Å². The Hall–Kier alpha value is -0.370. The van der Waals surface area contributed by atoms with Gasteiger partial charge in [-0.25, -0.2) is 4.99 Å². The fraction of sp³-hybridized carbons (Fsp3) is 0.333. The van der Waals surface area contributed by atoms with Crippen LogP contribution in [0, 0.1) is 0 Å². The Balaban J connectivity index is 2.68. The molecular weight excluding hydrogens is 99.5 g/mol. The Morgan fingerprint density at radius 3 is 2.83 bits per heavy atom.